The van der Waals surface area contributed by atoms with E-state index in [1.54, 1.807) is 30.8 Å². The summed E-state index contributed by atoms with van der Waals surface area (Å²) in [6, 6.07) is 10.3. The first-order valence-electron chi connectivity index (χ1n) is 8.57. The Labute approximate surface area is 155 Å². The van der Waals surface area contributed by atoms with E-state index in [0.717, 1.165) is 5.56 Å². The van der Waals surface area contributed by atoms with E-state index in [2.05, 4.69) is 21.6 Å². The standard InChI is InChI=1S/C19H21F2N5O/c1-12-5-4-6-15(9-12)11-25-8-7-17(24-25)22-19(27)14(3)26-13(2)10-16(23-26)18(20)21/h4-10,14,18H,11H2,1-3H3,(H,22,24,27). The molecule has 6 nitrogen and oxygen atoms in total. The van der Waals surface area contributed by atoms with Crippen molar-refractivity contribution in [2.75, 3.05) is 5.32 Å². The zero-order chi connectivity index (χ0) is 19.6. The van der Waals surface area contributed by atoms with Crippen molar-refractivity contribution in [2.24, 2.45) is 0 Å². The summed E-state index contributed by atoms with van der Waals surface area (Å²) in [6.07, 6.45) is -0.894. The van der Waals surface area contributed by atoms with Crippen molar-refractivity contribution < 1.29 is 13.6 Å². The molecule has 142 valence electrons. The highest BCUT2D eigenvalue weighted by Crippen LogP contribution is 2.21. The van der Waals surface area contributed by atoms with Gasteiger partial charge in [0, 0.05) is 18.0 Å². The van der Waals surface area contributed by atoms with Crippen LogP contribution in [0.1, 0.15) is 41.9 Å². The largest absolute Gasteiger partial charge is 0.307 e. The summed E-state index contributed by atoms with van der Waals surface area (Å²) >= 11 is 0. The topological polar surface area (TPSA) is 64.7 Å². The van der Waals surface area contributed by atoms with Crippen LogP contribution >= 0.6 is 0 Å². The first-order chi connectivity index (χ1) is 12.8. The van der Waals surface area contributed by atoms with Crippen LogP contribution in [0.4, 0.5) is 14.6 Å². The molecule has 0 fully saturated rings. The number of carbonyl (C=O) groups excluding carboxylic acids is 1. The van der Waals surface area contributed by atoms with Gasteiger partial charge in [-0.1, -0.05) is 29.8 Å². The molecule has 0 bridgehead atoms. The van der Waals surface area contributed by atoms with Gasteiger partial charge in [-0.15, -0.1) is 0 Å². The zero-order valence-electron chi connectivity index (χ0n) is 15.4. The lowest BCUT2D eigenvalue weighted by molar-refractivity contribution is -0.119. The third-order valence-electron chi connectivity index (χ3n) is 4.23. The zero-order valence-corrected chi connectivity index (χ0v) is 15.4. The molecule has 0 saturated carbocycles. The number of benzene rings is 1. The molecule has 0 radical (unpaired) electrons. The van der Waals surface area contributed by atoms with Gasteiger partial charge in [0.15, 0.2) is 5.82 Å². The Bertz CT molecular complexity index is 947. The highest BCUT2D eigenvalue weighted by Gasteiger charge is 2.21. The molecule has 0 aliphatic carbocycles. The summed E-state index contributed by atoms with van der Waals surface area (Å²) in [5.74, 6) is 0.0289. The first-order valence-corrected chi connectivity index (χ1v) is 8.57. The number of amides is 1. The fraction of sp³-hybridized carbons (Fsp3) is 0.316. The molecule has 27 heavy (non-hydrogen) atoms. The molecule has 1 unspecified atom stereocenters. The molecule has 3 rings (SSSR count). The molecule has 0 spiro atoms. The second-order valence-electron chi connectivity index (χ2n) is 6.51. The van der Waals surface area contributed by atoms with Gasteiger partial charge >= 0.3 is 0 Å². The van der Waals surface area contributed by atoms with Crippen LogP contribution in [0.3, 0.4) is 0 Å². The van der Waals surface area contributed by atoms with Crippen LogP contribution < -0.4 is 5.32 Å². The van der Waals surface area contributed by atoms with Gasteiger partial charge in [0.2, 0.25) is 5.91 Å². The van der Waals surface area contributed by atoms with E-state index in [4.69, 9.17) is 0 Å². The van der Waals surface area contributed by atoms with E-state index >= 15 is 0 Å². The predicted octanol–water partition coefficient (Wildman–Crippen LogP) is 3.88. The summed E-state index contributed by atoms with van der Waals surface area (Å²) < 4.78 is 28.6. The number of alkyl halides is 2. The number of nitrogens with one attached hydrogen (secondary N) is 1. The van der Waals surface area contributed by atoms with E-state index in [9.17, 15) is 13.6 Å². The van der Waals surface area contributed by atoms with Gasteiger partial charge in [-0.3, -0.25) is 14.2 Å². The van der Waals surface area contributed by atoms with Crippen molar-refractivity contribution in [3.63, 3.8) is 0 Å². The lowest BCUT2D eigenvalue weighted by Crippen LogP contribution is -2.25. The molecule has 2 heterocycles. The molecule has 1 aromatic carbocycles. The summed E-state index contributed by atoms with van der Waals surface area (Å²) in [6.45, 7) is 5.85. The van der Waals surface area contributed by atoms with Crippen LogP contribution in [0, 0.1) is 13.8 Å². The quantitative estimate of drug-likeness (QED) is 0.713. The monoisotopic (exact) mass is 373 g/mol. The van der Waals surface area contributed by atoms with Gasteiger partial charge in [0.1, 0.15) is 11.7 Å². The van der Waals surface area contributed by atoms with Crippen molar-refractivity contribution in [3.8, 4) is 0 Å². The molecular weight excluding hydrogens is 352 g/mol. The van der Waals surface area contributed by atoms with Crippen LogP contribution in [0.5, 0.6) is 0 Å². The molecular formula is C19H21F2N5O. The summed E-state index contributed by atoms with van der Waals surface area (Å²) in [7, 11) is 0. The summed E-state index contributed by atoms with van der Waals surface area (Å²) in [4.78, 5) is 12.4. The number of hydrogen-bond donors (Lipinski definition) is 1. The van der Waals surface area contributed by atoms with Crippen molar-refractivity contribution in [1.29, 1.82) is 0 Å². The smallest absolute Gasteiger partial charge is 0.282 e. The van der Waals surface area contributed by atoms with Gasteiger partial charge in [-0.2, -0.15) is 10.2 Å². The Kier molecular flexibility index (Phi) is 5.34. The lowest BCUT2D eigenvalue weighted by Gasteiger charge is -2.13. The Hall–Kier alpha value is -3.03. The maximum Gasteiger partial charge on any atom is 0.282 e. The van der Waals surface area contributed by atoms with Crippen LogP contribution in [-0.4, -0.2) is 25.5 Å². The Morgan fingerprint density at radius 1 is 1.19 bits per heavy atom. The van der Waals surface area contributed by atoms with Crippen molar-refractivity contribution in [2.45, 2.75) is 39.8 Å². The average molecular weight is 373 g/mol. The highest BCUT2D eigenvalue weighted by molar-refractivity contribution is 5.92. The Morgan fingerprint density at radius 3 is 2.63 bits per heavy atom. The predicted molar refractivity (Wildman–Crippen MR) is 97.8 cm³/mol. The molecule has 1 amide bonds. The van der Waals surface area contributed by atoms with Crippen molar-refractivity contribution in [3.05, 3.63) is 65.1 Å². The van der Waals surface area contributed by atoms with Gasteiger partial charge in [0.05, 0.1) is 6.54 Å². The molecule has 2 aromatic heterocycles. The number of aryl methyl sites for hydroxylation is 2. The number of hydrogen-bond acceptors (Lipinski definition) is 3. The Morgan fingerprint density at radius 2 is 1.96 bits per heavy atom. The van der Waals surface area contributed by atoms with E-state index in [-0.39, 0.29) is 11.6 Å². The first kappa shape index (κ1) is 18.8. The summed E-state index contributed by atoms with van der Waals surface area (Å²) in [5, 5.41) is 10.9. The molecule has 1 N–H and O–H groups in total. The third-order valence-corrected chi connectivity index (χ3v) is 4.23. The van der Waals surface area contributed by atoms with Gasteiger partial charge in [-0.25, -0.2) is 8.78 Å². The normalized spacial score (nSPS) is 12.4. The lowest BCUT2D eigenvalue weighted by atomic mass is 10.1. The number of carbonyl (C=O) groups is 1. The maximum absolute atomic E-state index is 12.8. The number of rotatable bonds is 6. The highest BCUT2D eigenvalue weighted by atomic mass is 19.3. The van der Waals surface area contributed by atoms with Crippen molar-refractivity contribution >= 4 is 11.7 Å². The van der Waals surface area contributed by atoms with Crippen LogP contribution in [-0.2, 0) is 11.3 Å². The third kappa shape index (κ3) is 4.39. The number of aromatic nitrogens is 4. The van der Waals surface area contributed by atoms with Gasteiger partial charge in [-0.05, 0) is 32.4 Å². The minimum absolute atomic E-state index is 0.338. The summed E-state index contributed by atoms with van der Waals surface area (Å²) in [5.41, 5.74) is 2.43. The van der Waals surface area contributed by atoms with E-state index < -0.39 is 12.5 Å². The molecule has 3 aromatic rings. The second-order valence-corrected chi connectivity index (χ2v) is 6.51. The van der Waals surface area contributed by atoms with Crippen molar-refractivity contribution in [1.82, 2.24) is 19.6 Å². The molecule has 0 aliphatic rings. The minimum Gasteiger partial charge on any atom is -0.307 e. The fourth-order valence-electron chi connectivity index (χ4n) is 2.87. The van der Waals surface area contributed by atoms with E-state index in [1.807, 2.05) is 25.1 Å². The minimum atomic E-state index is -2.67. The SMILES string of the molecule is Cc1cccc(Cn2ccc(NC(=O)C(C)n3nc(C(F)F)cc3C)n2)c1. The van der Waals surface area contributed by atoms with Gasteiger partial charge < -0.3 is 5.32 Å². The Balaban J connectivity index is 1.67. The number of anilines is 1. The van der Waals surface area contributed by atoms with E-state index in [1.165, 1.54) is 16.3 Å². The molecule has 8 heteroatoms. The van der Waals surface area contributed by atoms with E-state index in [0.29, 0.717) is 18.1 Å². The number of halogens is 2. The van der Waals surface area contributed by atoms with Crippen LogP contribution in [0.15, 0.2) is 42.6 Å². The maximum atomic E-state index is 12.8. The average Bonchev–Trinajstić information content (AvgIpc) is 3.20. The number of nitrogens with zero attached hydrogens (tertiary/aromatic N) is 4. The fourth-order valence-corrected chi connectivity index (χ4v) is 2.87. The molecule has 0 aliphatic heterocycles. The second kappa shape index (κ2) is 7.69. The molecule has 0 saturated heterocycles. The van der Waals surface area contributed by atoms with Crippen LogP contribution in [0.2, 0.25) is 0 Å². The van der Waals surface area contributed by atoms with Crippen LogP contribution in [0.25, 0.3) is 0 Å². The van der Waals surface area contributed by atoms with Gasteiger partial charge in [0.25, 0.3) is 6.43 Å². The molecule has 1 atom stereocenters.